The molecule has 0 spiro atoms. The third-order valence-electron chi connectivity index (χ3n) is 3.25. The molecular weight excluding hydrogens is 250 g/mol. The van der Waals surface area contributed by atoms with Crippen LogP contribution in [0.3, 0.4) is 0 Å². The molecule has 20 heavy (non-hydrogen) atoms. The zero-order chi connectivity index (χ0) is 14.8. The largest absolute Gasteiger partial charge is 0.395 e. The van der Waals surface area contributed by atoms with E-state index in [1.54, 1.807) is 7.11 Å². The van der Waals surface area contributed by atoms with Gasteiger partial charge in [0.2, 0.25) is 0 Å². The zero-order valence-corrected chi connectivity index (χ0v) is 12.7. The number of methoxy groups -OCH3 is 1. The number of ether oxygens (including phenoxy) is 1. The summed E-state index contributed by atoms with van der Waals surface area (Å²) in [6.45, 7) is 7.14. The first kappa shape index (κ1) is 16.7. The number of hydrogen-bond donors (Lipinski definition) is 1. The normalized spacial score (nSPS) is 12.1. The summed E-state index contributed by atoms with van der Waals surface area (Å²) in [5, 5.41) is 8.69. The van der Waals surface area contributed by atoms with Crippen LogP contribution in [0.15, 0.2) is 24.3 Å². The zero-order valence-electron chi connectivity index (χ0n) is 12.7. The molecule has 1 unspecified atom stereocenters. The number of nitrogens with zero attached hydrogens (tertiary/aromatic N) is 1. The minimum absolute atomic E-state index is 0.119. The molecule has 1 aromatic carbocycles. The van der Waals surface area contributed by atoms with Gasteiger partial charge in [-0.2, -0.15) is 0 Å². The fourth-order valence-electron chi connectivity index (χ4n) is 2.07. The molecule has 0 saturated heterocycles. The Balaban J connectivity index is 2.62. The van der Waals surface area contributed by atoms with Crippen molar-refractivity contribution in [2.24, 2.45) is 0 Å². The lowest BCUT2D eigenvalue weighted by Gasteiger charge is -2.27. The fraction of sp³-hybridized carbons (Fsp3) is 0.529. The Hall–Kier alpha value is -1.34. The predicted octanol–water partition coefficient (Wildman–Crippen LogP) is 2.28. The summed E-state index contributed by atoms with van der Waals surface area (Å²) in [6.07, 6.45) is 0.528. The second-order valence-electron chi connectivity index (χ2n) is 4.84. The second kappa shape index (κ2) is 9.55. The van der Waals surface area contributed by atoms with E-state index in [-0.39, 0.29) is 6.61 Å². The molecular formula is C17H25NO2. The lowest BCUT2D eigenvalue weighted by molar-refractivity contribution is 0.0982. The van der Waals surface area contributed by atoms with Crippen molar-refractivity contribution in [3.05, 3.63) is 35.4 Å². The SMILES string of the molecule is CCN(Cc1ccc(C#CCCO)cc1)C(C)COC. The topological polar surface area (TPSA) is 32.7 Å². The van der Waals surface area contributed by atoms with E-state index in [1.165, 1.54) is 5.56 Å². The summed E-state index contributed by atoms with van der Waals surface area (Å²) in [5.41, 5.74) is 2.28. The van der Waals surface area contributed by atoms with Crippen molar-refractivity contribution >= 4 is 0 Å². The van der Waals surface area contributed by atoms with E-state index >= 15 is 0 Å². The first-order chi connectivity index (χ1) is 9.71. The van der Waals surface area contributed by atoms with Gasteiger partial charge in [-0.3, -0.25) is 4.90 Å². The van der Waals surface area contributed by atoms with Crippen LogP contribution in [-0.2, 0) is 11.3 Å². The van der Waals surface area contributed by atoms with E-state index in [9.17, 15) is 0 Å². The highest BCUT2D eigenvalue weighted by molar-refractivity contribution is 5.36. The van der Waals surface area contributed by atoms with Crippen LogP contribution in [0.5, 0.6) is 0 Å². The molecule has 1 aromatic rings. The van der Waals surface area contributed by atoms with Gasteiger partial charge in [0, 0.05) is 31.7 Å². The molecule has 0 aliphatic carbocycles. The quantitative estimate of drug-likeness (QED) is 0.775. The van der Waals surface area contributed by atoms with E-state index in [2.05, 4.69) is 42.7 Å². The lowest BCUT2D eigenvalue weighted by atomic mass is 10.1. The van der Waals surface area contributed by atoms with Crippen LogP contribution in [0.1, 0.15) is 31.4 Å². The second-order valence-corrected chi connectivity index (χ2v) is 4.84. The number of likely N-dealkylation sites (N-methyl/N-ethyl adjacent to an activating group) is 1. The monoisotopic (exact) mass is 275 g/mol. The van der Waals surface area contributed by atoms with Crippen molar-refractivity contribution in [1.29, 1.82) is 0 Å². The molecule has 3 nitrogen and oxygen atoms in total. The Labute approximate surface area is 122 Å². The van der Waals surface area contributed by atoms with Gasteiger partial charge >= 0.3 is 0 Å². The summed E-state index contributed by atoms with van der Waals surface area (Å²) in [7, 11) is 1.74. The maximum atomic E-state index is 8.69. The van der Waals surface area contributed by atoms with Gasteiger partial charge in [0.25, 0.3) is 0 Å². The summed E-state index contributed by atoms with van der Waals surface area (Å²) < 4.78 is 5.22. The van der Waals surface area contributed by atoms with Crippen LogP contribution in [0, 0.1) is 11.8 Å². The Bertz CT molecular complexity index is 431. The molecule has 0 fully saturated rings. The molecule has 1 atom stereocenters. The number of hydrogen-bond acceptors (Lipinski definition) is 3. The molecule has 0 bridgehead atoms. The fourth-order valence-corrected chi connectivity index (χ4v) is 2.07. The third kappa shape index (κ3) is 5.75. The maximum absolute atomic E-state index is 8.69. The molecule has 0 aliphatic heterocycles. The Morgan fingerprint density at radius 2 is 2.00 bits per heavy atom. The van der Waals surface area contributed by atoms with Gasteiger partial charge in [-0.1, -0.05) is 30.9 Å². The molecule has 0 saturated carbocycles. The van der Waals surface area contributed by atoms with Crippen molar-refractivity contribution in [3.8, 4) is 11.8 Å². The average Bonchev–Trinajstić information content (AvgIpc) is 2.46. The number of aliphatic hydroxyl groups is 1. The van der Waals surface area contributed by atoms with E-state index in [4.69, 9.17) is 9.84 Å². The highest BCUT2D eigenvalue weighted by Gasteiger charge is 2.11. The molecule has 0 aliphatic rings. The van der Waals surface area contributed by atoms with Crippen LogP contribution < -0.4 is 0 Å². The first-order valence-electron chi connectivity index (χ1n) is 7.12. The molecule has 0 amide bonds. The Morgan fingerprint density at radius 1 is 1.30 bits per heavy atom. The minimum atomic E-state index is 0.119. The van der Waals surface area contributed by atoms with Crippen LogP contribution in [0.4, 0.5) is 0 Å². The van der Waals surface area contributed by atoms with Crippen LogP contribution in [-0.4, -0.2) is 42.9 Å². The summed E-state index contributed by atoms with van der Waals surface area (Å²) >= 11 is 0. The van der Waals surface area contributed by atoms with Crippen LogP contribution >= 0.6 is 0 Å². The molecule has 0 aromatic heterocycles. The smallest absolute Gasteiger partial charge is 0.0615 e. The van der Waals surface area contributed by atoms with Crippen LogP contribution in [0.25, 0.3) is 0 Å². The molecule has 0 heterocycles. The minimum Gasteiger partial charge on any atom is -0.395 e. The standard InChI is InChI=1S/C17H25NO2/c1-4-18(15(2)14-20-3)13-17-10-8-16(9-11-17)7-5-6-12-19/h8-11,15,19H,4,6,12-14H2,1-3H3. The summed E-state index contributed by atoms with van der Waals surface area (Å²) in [5.74, 6) is 5.97. The predicted molar refractivity (Wildman–Crippen MR) is 82.4 cm³/mol. The van der Waals surface area contributed by atoms with Gasteiger partial charge in [-0.05, 0) is 31.2 Å². The first-order valence-corrected chi connectivity index (χ1v) is 7.12. The van der Waals surface area contributed by atoms with E-state index in [1.807, 2.05) is 12.1 Å². The van der Waals surface area contributed by atoms with Gasteiger partial charge in [0.1, 0.15) is 0 Å². The summed E-state index contributed by atoms with van der Waals surface area (Å²) in [4.78, 5) is 2.38. The molecule has 1 N–H and O–H groups in total. The average molecular weight is 275 g/mol. The van der Waals surface area contributed by atoms with E-state index in [0.29, 0.717) is 12.5 Å². The molecule has 110 valence electrons. The van der Waals surface area contributed by atoms with Crippen molar-refractivity contribution < 1.29 is 9.84 Å². The van der Waals surface area contributed by atoms with Gasteiger partial charge in [-0.25, -0.2) is 0 Å². The summed E-state index contributed by atoms with van der Waals surface area (Å²) in [6, 6.07) is 8.72. The Kier molecular flexibility index (Phi) is 7.98. The van der Waals surface area contributed by atoms with Crippen molar-refractivity contribution in [1.82, 2.24) is 4.90 Å². The number of rotatable bonds is 7. The lowest BCUT2D eigenvalue weighted by Crippen LogP contribution is -2.35. The van der Waals surface area contributed by atoms with E-state index in [0.717, 1.165) is 25.3 Å². The van der Waals surface area contributed by atoms with Crippen molar-refractivity contribution in [3.63, 3.8) is 0 Å². The number of aliphatic hydroxyl groups excluding tert-OH is 1. The Morgan fingerprint density at radius 3 is 2.55 bits per heavy atom. The maximum Gasteiger partial charge on any atom is 0.0615 e. The molecule has 3 heteroatoms. The van der Waals surface area contributed by atoms with Gasteiger partial charge in [0.15, 0.2) is 0 Å². The van der Waals surface area contributed by atoms with Crippen molar-refractivity contribution in [2.75, 3.05) is 26.9 Å². The molecule has 1 rings (SSSR count). The highest BCUT2D eigenvalue weighted by atomic mass is 16.5. The van der Waals surface area contributed by atoms with Crippen molar-refractivity contribution in [2.45, 2.75) is 32.9 Å². The number of benzene rings is 1. The van der Waals surface area contributed by atoms with Gasteiger partial charge < -0.3 is 9.84 Å². The third-order valence-corrected chi connectivity index (χ3v) is 3.25. The van der Waals surface area contributed by atoms with E-state index < -0.39 is 0 Å². The highest BCUT2D eigenvalue weighted by Crippen LogP contribution is 2.10. The van der Waals surface area contributed by atoms with Gasteiger partial charge in [-0.15, -0.1) is 0 Å². The van der Waals surface area contributed by atoms with Crippen LogP contribution in [0.2, 0.25) is 0 Å². The molecule has 0 radical (unpaired) electrons. The van der Waals surface area contributed by atoms with Gasteiger partial charge in [0.05, 0.1) is 13.2 Å².